The normalized spacial score (nSPS) is 11.0. The van der Waals surface area contributed by atoms with Crippen LogP contribution in [-0.4, -0.2) is 22.1 Å². The molecule has 0 aliphatic heterocycles. The van der Waals surface area contributed by atoms with E-state index in [4.69, 9.17) is 20.8 Å². The topological polar surface area (TPSA) is 81.0 Å². The Morgan fingerprint density at radius 3 is 2.79 bits per heavy atom. The molecule has 6 nitrogen and oxygen atoms in total. The number of hydrogen-bond donors (Lipinski definition) is 0. The number of imidazole rings is 1. The van der Waals surface area contributed by atoms with Gasteiger partial charge in [-0.05, 0) is 59.1 Å². The lowest BCUT2D eigenvalue weighted by atomic mass is 10.1. The number of carbonyl (C=O) groups is 1. The zero-order valence-electron chi connectivity index (χ0n) is 18.9. The fourth-order valence-corrected chi connectivity index (χ4v) is 4.72. The van der Waals surface area contributed by atoms with Crippen LogP contribution in [0.4, 0.5) is 0 Å². The predicted octanol–water partition coefficient (Wildman–Crippen LogP) is 7.15. The maximum atomic E-state index is 12.3. The van der Waals surface area contributed by atoms with E-state index in [9.17, 15) is 10.1 Å². The van der Waals surface area contributed by atoms with E-state index in [2.05, 4.69) is 33.9 Å². The van der Waals surface area contributed by atoms with Gasteiger partial charge < -0.3 is 13.7 Å². The van der Waals surface area contributed by atoms with Crippen LogP contribution >= 0.6 is 27.5 Å². The van der Waals surface area contributed by atoms with E-state index in [1.807, 2.05) is 41.0 Å². The highest BCUT2D eigenvalue weighted by atomic mass is 79.9. The molecule has 0 saturated carbocycles. The number of furan rings is 1. The third-order valence-electron chi connectivity index (χ3n) is 5.53. The Morgan fingerprint density at radius 1 is 1.26 bits per heavy atom. The molecule has 4 rings (SSSR count). The number of nitriles is 1. The average Bonchev–Trinajstić information content (AvgIpc) is 3.34. The summed E-state index contributed by atoms with van der Waals surface area (Å²) >= 11 is 10.3. The molecule has 0 atom stereocenters. The van der Waals surface area contributed by atoms with Gasteiger partial charge in [0.2, 0.25) is 0 Å². The van der Waals surface area contributed by atoms with Gasteiger partial charge in [-0.25, -0.2) is 9.78 Å². The quantitative estimate of drug-likeness (QED) is 0.222. The maximum Gasteiger partial charge on any atom is 0.360 e. The molecular formula is C26H23BrClN3O3. The molecular weight excluding hydrogens is 518 g/mol. The number of hydrogen-bond acceptors (Lipinski definition) is 5. The zero-order chi connectivity index (χ0) is 24.2. The number of aryl methyl sites for hydroxylation is 1. The second-order valence-corrected chi connectivity index (χ2v) is 8.96. The SMILES string of the molecule is CCCCc1nc(C(=O)OCC)c(Cl)n1Cc1ccc2oc(-c3ccccc3C#N)c(Br)c2c1. The van der Waals surface area contributed by atoms with Crippen LogP contribution in [0.1, 0.15) is 54.1 Å². The van der Waals surface area contributed by atoms with E-state index in [0.29, 0.717) is 29.9 Å². The molecule has 8 heteroatoms. The molecule has 0 aliphatic carbocycles. The minimum absolute atomic E-state index is 0.149. The molecule has 0 N–H and O–H groups in total. The average molecular weight is 541 g/mol. The lowest BCUT2D eigenvalue weighted by Gasteiger charge is -2.09. The smallest absolute Gasteiger partial charge is 0.360 e. The van der Waals surface area contributed by atoms with Crippen LogP contribution in [0, 0.1) is 11.3 Å². The number of nitrogens with zero attached hydrogens (tertiary/aromatic N) is 3. The molecule has 0 aliphatic rings. The van der Waals surface area contributed by atoms with Crippen LogP contribution in [0.25, 0.3) is 22.3 Å². The lowest BCUT2D eigenvalue weighted by Crippen LogP contribution is -2.07. The Bertz CT molecular complexity index is 1400. The predicted molar refractivity (Wildman–Crippen MR) is 135 cm³/mol. The van der Waals surface area contributed by atoms with Crippen LogP contribution in [0.2, 0.25) is 5.15 Å². The fourth-order valence-electron chi connectivity index (χ4n) is 3.84. The summed E-state index contributed by atoms with van der Waals surface area (Å²) in [4.78, 5) is 16.8. The Balaban J connectivity index is 1.73. The van der Waals surface area contributed by atoms with E-state index in [-0.39, 0.29) is 17.5 Å². The Hall–Kier alpha value is -3.08. The summed E-state index contributed by atoms with van der Waals surface area (Å²) in [5, 5.41) is 10.6. The summed E-state index contributed by atoms with van der Waals surface area (Å²) < 4.78 is 13.9. The molecule has 0 amide bonds. The molecule has 2 heterocycles. The van der Waals surface area contributed by atoms with Gasteiger partial charge in [0.15, 0.2) is 11.5 Å². The van der Waals surface area contributed by atoms with Gasteiger partial charge in [0.05, 0.1) is 29.3 Å². The van der Waals surface area contributed by atoms with Crippen molar-refractivity contribution in [3.63, 3.8) is 0 Å². The Morgan fingerprint density at radius 2 is 2.06 bits per heavy atom. The molecule has 2 aromatic carbocycles. The van der Waals surface area contributed by atoms with Crippen molar-refractivity contribution in [1.82, 2.24) is 9.55 Å². The monoisotopic (exact) mass is 539 g/mol. The summed E-state index contributed by atoms with van der Waals surface area (Å²) in [5.74, 6) is 0.848. The van der Waals surface area contributed by atoms with Gasteiger partial charge in [0, 0.05) is 17.4 Å². The number of unbranched alkanes of at least 4 members (excludes halogenated alkanes) is 1. The maximum absolute atomic E-state index is 12.3. The van der Waals surface area contributed by atoms with Crippen molar-refractivity contribution in [1.29, 1.82) is 5.26 Å². The summed E-state index contributed by atoms with van der Waals surface area (Å²) in [6, 6.07) is 15.4. The summed E-state index contributed by atoms with van der Waals surface area (Å²) in [6.45, 7) is 4.56. The van der Waals surface area contributed by atoms with Crippen molar-refractivity contribution in [2.24, 2.45) is 0 Å². The highest BCUT2D eigenvalue weighted by Gasteiger charge is 2.23. The first-order valence-electron chi connectivity index (χ1n) is 11.1. The molecule has 0 unspecified atom stereocenters. The number of ether oxygens (including phenoxy) is 1. The fraction of sp³-hybridized carbons (Fsp3) is 0.269. The van der Waals surface area contributed by atoms with Crippen molar-refractivity contribution >= 4 is 44.5 Å². The molecule has 2 aromatic heterocycles. The van der Waals surface area contributed by atoms with Crippen LogP contribution in [0.3, 0.4) is 0 Å². The molecule has 174 valence electrons. The number of carbonyl (C=O) groups excluding carboxylic acids is 1. The molecule has 0 saturated heterocycles. The van der Waals surface area contributed by atoms with Crippen molar-refractivity contribution in [3.05, 3.63) is 74.7 Å². The molecule has 0 fully saturated rings. The first-order chi connectivity index (χ1) is 16.5. The second kappa shape index (κ2) is 10.5. The Kier molecular flexibility index (Phi) is 7.40. The standard InChI is InChI=1S/C26H23BrClN3O3/c1-3-5-10-21-30-23(26(32)33-4-2)25(28)31(21)15-16-11-12-20-19(13-16)22(27)24(34-20)18-9-7-6-8-17(18)14-29/h6-9,11-13H,3-5,10,15H2,1-2H3. The van der Waals surface area contributed by atoms with E-state index < -0.39 is 5.97 Å². The number of aromatic nitrogens is 2. The highest BCUT2D eigenvalue weighted by Crippen LogP contribution is 2.39. The molecule has 0 spiro atoms. The number of esters is 1. The number of rotatable bonds is 8. The first kappa shape index (κ1) is 24.1. The minimum Gasteiger partial charge on any atom is -0.461 e. The number of benzene rings is 2. The molecule has 34 heavy (non-hydrogen) atoms. The third kappa shape index (κ3) is 4.61. The van der Waals surface area contributed by atoms with E-state index >= 15 is 0 Å². The van der Waals surface area contributed by atoms with Gasteiger partial charge in [-0.15, -0.1) is 0 Å². The first-order valence-corrected chi connectivity index (χ1v) is 12.3. The zero-order valence-corrected chi connectivity index (χ0v) is 21.2. The van der Waals surface area contributed by atoms with Gasteiger partial charge in [0.25, 0.3) is 0 Å². The van der Waals surface area contributed by atoms with Crippen LogP contribution in [0.15, 0.2) is 51.4 Å². The third-order valence-corrected chi connectivity index (χ3v) is 6.70. The Labute approximate surface area is 211 Å². The molecule has 0 bridgehead atoms. The summed E-state index contributed by atoms with van der Waals surface area (Å²) in [7, 11) is 0. The largest absolute Gasteiger partial charge is 0.461 e. The van der Waals surface area contributed by atoms with E-state index in [1.54, 1.807) is 13.0 Å². The van der Waals surface area contributed by atoms with Crippen LogP contribution in [-0.2, 0) is 17.7 Å². The summed E-state index contributed by atoms with van der Waals surface area (Å²) in [6.07, 6.45) is 2.64. The summed E-state index contributed by atoms with van der Waals surface area (Å²) in [5.41, 5.74) is 3.10. The van der Waals surface area contributed by atoms with Crippen molar-refractivity contribution < 1.29 is 13.9 Å². The van der Waals surface area contributed by atoms with E-state index in [1.165, 1.54) is 0 Å². The van der Waals surface area contributed by atoms with Gasteiger partial charge in [0.1, 0.15) is 16.6 Å². The number of fused-ring (bicyclic) bond motifs is 1. The number of halogens is 2. The van der Waals surface area contributed by atoms with Crippen molar-refractivity contribution in [2.45, 2.75) is 39.7 Å². The van der Waals surface area contributed by atoms with Gasteiger partial charge in [-0.1, -0.05) is 43.1 Å². The van der Waals surface area contributed by atoms with Crippen molar-refractivity contribution in [3.8, 4) is 17.4 Å². The van der Waals surface area contributed by atoms with Crippen LogP contribution < -0.4 is 0 Å². The van der Waals surface area contributed by atoms with Crippen molar-refractivity contribution in [2.75, 3.05) is 6.61 Å². The minimum atomic E-state index is -0.516. The highest BCUT2D eigenvalue weighted by molar-refractivity contribution is 9.10. The van der Waals surface area contributed by atoms with Gasteiger partial charge >= 0.3 is 5.97 Å². The van der Waals surface area contributed by atoms with E-state index in [0.717, 1.165) is 39.7 Å². The lowest BCUT2D eigenvalue weighted by molar-refractivity contribution is 0.0520. The second-order valence-electron chi connectivity index (χ2n) is 7.81. The van der Waals surface area contributed by atoms with Crippen LogP contribution in [0.5, 0.6) is 0 Å². The van der Waals surface area contributed by atoms with Gasteiger partial charge in [-0.3, -0.25) is 0 Å². The molecule has 0 radical (unpaired) electrons. The molecule has 4 aromatic rings. The van der Waals surface area contributed by atoms with Gasteiger partial charge in [-0.2, -0.15) is 5.26 Å².